The molecule has 3 aromatic rings. The van der Waals surface area contributed by atoms with Crippen LogP contribution < -0.4 is 5.32 Å². The van der Waals surface area contributed by atoms with E-state index in [0.29, 0.717) is 30.8 Å². The second-order valence-corrected chi connectivity index (χ2v) is 8.18. The number of nitrogens with one attached hydrogen (secondary N) is 1. The Hall–Kier alpha value is -3.39. The van der Waals surface area contributed by atoms with Crippen LogP contribution in [0.1, 0.15) is 49.4 Å². The number of nitriles is 1. The number of benzene rings is 2. The Morgan fingerprint density at radius 2 is 1.69 bits per heavy atom. The van der Waals surface area contributed by atoms with E-state index >= 15 is 0 Å². The van der Waals surface area contributed by atoms with Crippen molar-refractivity contribution in [3.05, 3.63) is 83.0 Å². The Morgan fingerprint density at radius 3 is 2.31 bits per heavy atom. The molecule has 1 heterocycles. The van der Waals surface area contributed by atoms with Gasteiger partial charge < -0.3 is 5.32 Å². The van der Waals surface area contributed by atoms with Crippen molar-refractivity contribution >= 4 is 11.7 Å². The number of aryl methyl sites for hydroxylation is 1. The van der Waals surface area contributed by atoms with Gasteiger partial charge in [0.1, 0.15) is 5.82 Å². The highest BCUT2D eigenvalue weighted by Crippen LogP contribution is 2.22. The van der Waals surface area contributed by atoms with Gasteiger partial charge in [-0.2, -0.15) is 10.4 Å². The van der Waals surface area contributed by atoms with Gasteiger partial charge in [-0.15, -0.1) is 0 Å². The van der Waals surface area contributed by atoms with Crippen molar-refractivity contribution in [1.29, 1.82) is 5.26 Å². The summed E-state index contributed by atoms with van der Waals surface area (Å²) < 4.78 is 1.80. The Balaban J connectivity index is 1.58. The van der Waals surface area contributed by atoms with E-state index in [1.54, 1.807) is 23.0 Å². The summed E-state index contributed by atoms with van der Waals surface area (Å²) in [7, 11) is 0. The molecule has 0 aliphatic rings. The molecule has 1 N–H and O–H groups in total. The Kier molecular flexibility index (Phi) is 6.13. The van der Waals surface area contributed by atoms with Crippen LogP contribution in [0.4, 0.5) is 5.82 Å². The molecular formula is C24H26N4O. The lowest BCUT2D eigenvalue weighted by molar-refractivity contribution is -0.116. The molecular weight excluding hydrogens is 360 g/mol. The monoisotopic (exact) mass is 386 g/mol. The van der Waals surface area contributed by atoms with E-state index in [4.69, 9.17) is 5.26 Å². The molecule has 0 saturated heterocycles. The topological polar surface area (TPSA) is 70.7 Å². The average Bonchev–Trinajstić information content (AvgIpc) is 3.13. The van der Waals surface area contributed by atoms with Crippen LogP contribution in [-0.2, 0) is 23.2 Å². The van der Waals surface area contributed by atoms with Gasteiger partial charge >= 0.3 is 0 Å². The molecule has 1 amide bonds. The number of amides is 1. The van der Waals surface area contributed by atoms with Gasteiger partial charge in [-0.1, -0.05) is 57.2 Å². The van der Waals surface area contributed by atoms with Gasteiger partial charge in [0, 0.05) is 12.5 Å². The summed E-state index contributed by atoms with van der Waals surface area (Å²) in [4.78, 5) is 12.4. The van der Waals surface area contributed by atoms with Gasteiger partial charge in [-0.3, -0.25) is 4.79 Å². The summed E-state index contributed by atoms with van der Waals surface area (Å²) in [6, 6.07) is 19.7. The third-order valence-corrected chi connectivity index (χ3v) is 4.86. The van der Waals surface area contributed by atoms with Crippen molar-refractivity contribution in [2.45, 2.75) is 45.6 Å². The second-order valence-electron chi connectivity index (χ2n) is 8.18. The van der Waals surface area contributed by atoms with Crippen molar-refractivity contribution in [2.24, 2.45) is 0 Å². The Labute approximate surface area is 172 Å². The molecule has 5 heteroatoms. The SMILES string of the molecule is CC(C)(C)c1ccc(Cn2nccc2NC(=O)CCc2ccc(C#N)cc2)cc1. The second kappa shape index (κ2) is 8.74. The van der Waals surface area contributed by atoms with E-state index in [9.17, 15) is 4.79 Å². The number of anilines is 1. The number of aromatic nitrogens is 2. The summed E-state index contributed by atoms with van der Waals surface area (Å²) in [6.07, 6.45) is 2.69. The Morgan fingerprint density at radius 1 is 1.03 bits per heavy atom. The van der Waals surface area contributed by atoms with E-state index < -0.39 is 0 Å². The predicted molar refractivity (Wildman–Crippen MR) is 115 cm³/mol. The van der Waals surface area contributed by atoms with Gasteiger partial charge in [0.25, 0.3) is 0 Å². The number of rotatable bonds is 6. The van der Waals surface area contributed by atoms with Gasteiger partial charge in [0.15, 0.2) is 0 Å². The summed E-state index contributed by atoms with van der Waals surface area (Å²) >= 11 is 0. The number of carbonyl (C=O) groups excluding carboxylic acids is 1. The summed E-state index contributed by atoms with van der Waals surface area (Å²) in [6.45, 7) is 7.19. The molecule has 29 heavy (non-hydrogen) atoms. The number of carbonyl (C=O) groups is 1. The van der Waals surface area contributed by atoms with E-state index in [2.05, 4.69) is 61.5 Å². The minimum Gasteiger partial charge on any atom is -0.311 e. The van der Waals surface area contributed by atoms with Crippen molar-refractivity contribution in [1.82, 2.24) is 9.78 Å². The van der Waals surface area contributed by atoms with Crippen LogP contribution in [0.15, 0.2) is 60.8 Å². The van der Waals surface area contributed by atoms with Gasteiger partial charge in [0.05, 0.1) is 24.4 Å². The van der Waals surface area contributed by atoms with E-state index in [1.807, 2.05) is 18.2 Å². The first-order valence-electron chi connectivity index (χ1n) is 9.75. The largest absolute Gasteiger partial charge is 0.311 e. The van der Waals surface area contributed by atoms with Gasteiger partial charge in [0.2, 0.25) is 5.91 Å². The minimum absolute atomic E-state index is 0.0563. The van der Waals surface area contributed by atoms with Crippen LogP contribution in [0.3, 0.4) is 0 Å². The average molecular weight is 386 g/mol. The maximum absolute atomic E-state index is 12.4. The lowest BCUT2D eigenvalue weighted by Gasteiger charge is -2.19. The highest BCUT2D eigenvalue weighted by atomic mass is 16.1. The summed E-state index contributed by atoms with van der Waals surface area (Å²) in [5.74, 6) is 0.633. The first-order chi connectivity index (χ1) is 13.8. The van der Waals surface area contributed by atoms with Crippen molar-refractivity contribution in [3.63, 3.8) is 0 Å². The molecule has 0 aliphatic heterocycles. The third kappa shape index (κ3) is 5.55. The van der Waals surface area contributed by atoms with Crippen LogP contribution in [0.2, 0.25) is 0 Å². The third-order valence-electron chi connectivity index (χ3n) is 4.86. The molecule has 2 aromatic carbocycles. The molecule has 3 rings (SSSR count). The highest BCUT2D eigenvalue weighted by molar-refractivity contribution is 5.89. The zero-order chi connectivity index (χ0) is 20.9. The number of hydrogen-bond acceptors (Lipinski definition) is 3. The standard InChI is InChI=1S/C24H26N4O/c1-24(2,3)21-11-8-20(9-12-21)17-28-22(14-15-26-28)27-23(29)13-10-18-4-6-19(16-25)7-5-18/h4-9,11-12,14-15H,10,13,17H2,1-3H3,(H,27,29). The van der Waals surface area contributed by atoms with E-state index in [1.165, 1.54) is 5.56 Å². The molecule has 0 fully saturated rings. The number of nitrogens with zero attached hydrogens (tertiary/aromatic N) is 3. The fourth-order valence-electron chi connectivity index (χ4n) is 3.06. The zero-order valence-corrected chi connectivity index (χ0v) is 17.1. The molecule has 0 radical (unpaired) electrons. The first-order valence-corrected chi connectivity index (χ1v) is 9.75. The number of hydrogen-bond donors (Lipinski definition) is 1. The highest BCUT2D eigenvalue weighted by Gasteiger charge is 2.13. The van der Waals surface area contributed by atoms with E-state index in [-0.39, 0.29) is 11.3 Å². The molecule has 0 unspecified atom stereocenters. The quantitative estimate of drug-likeness (QED) is 0.669. The summed E-state index contributed by atoms with van der Waals surface area (Å²) in [5, 5.41) is 16.1. The lowest BCUT2D eigenvalue weighted by Crippen LogP contribution is -2.16. The van der Waals surface area contributed by atoms with Gasteiger partial charge in [-0.05, 0) is 40.7 Å². The normalized spacial score (nSPS) is 11.1. The smallest absolute Gasteiger partial charge is 0.225 e. The van der Waals surface area contributed by atoms with Gasteiger partial charge in [-0.25, -0.2) is 4.68 Å². The molecule has 0 aliphatic carbocycles. The molecule has 0 atom stereocenters. The molecule has 0 saturated carbocycles. The first kappa shape index (κ1) is 20.3. The minimum atomic E-state index is -0.0563. The molecule has 0 spiro atoms. The van der Waals surface area contributed by atoms with Crippen molar-refractivity contribution in [3.8, 4) is 6.07 Å². The maximum atomic E-state index is 12.4. The molecule has 1 aromatic heterocycles. The van der Waals surface area contributed by atoms with Crippen LogP contribution >= 0.6 is 0 Å². The van der Waals surface area contributed by atoms with Crippen molar-refractivity contribution < 1.29 is 4.79 Å². The molecule has 0 bridgehead atoms. The fourth-order valence-corrected chi connectivity index (χ4v) is 3.06. The predicted octanol–water partition coefficient (Wildman–Crippen LogP) is 4.67. The molecule has 5 nitrogen and oxygen atoms in total. The fraction of sp³-hybridized carbons (Fsp3) is 0.292. The Bertz CT molecular complexity index is 1000. The van der Waals surface area contributed by atoms with Crippen LogP contribution in [0, 0.1) is 11.3 Å². The van der Waals surface area contributed by atoms with E-state index in [0.717, 1.165) is 11.1 Å². The van der Waals surface area contributed by atoms with Crippen LogP contribution in [0.25, 0.3) is 0 Å². The maximum Gasteiger partial charge on any atom is 0.225 e. The van der Waals surface area contributed by atoms with Crippen LogP contribution in [0.5, 0.6) is 0 Å². The van der Waals surface area contributed by atoms with Crippen molar-refractivity contribution in [2.75, 3.05) is 5.32 Å². The summed E-state index contributed by atoms with van der Waals surface area (Å²) in [5.41, 5.74) is 4.20. The zero-order valence-electron chi connectivity index (χ0n) is 17.1. The van der Waals surface area contributed by atoms with Crippen LogP contribution in [-0.4, -0.2) is 15.7 Å². The lowest BCUT2D eigenvalue weighted by atomic mass is 9.87. The molecule has 148 valence electrons.